The summed E-state index contributed by atoms with van der Waals surface area (Å²) in [5.74, 6) is 0. The molecule has 1 aromatic rings. The van der Waals surface area contributed by atoms with Crippen LogP contribution in [0.25, 0.3) is 0 Å². The zero-order valence-electron chi connectivity index (χ0n) is 14.1. The van der Waals surface area contributed by atoms with Crippen LogP contribution in [0.2, 0.25) is 0 Å². The lowest BCUT2D eigenvalue weighted by molar-refractivity contribution is 0.0577. The molecule has 0 amide bonds. The Balaban J connectivity index is 0.00000208. The van der Waals surface area contributed by atoms with E-state index in [1.54, 1.807) is 13.2 Å². The fraction of sp³-hybridized carbons (Fsp3) is 0.647. The van der Waals surface area contributed by atoms with Crippen molar-refractivity contribution in [3.63, 3.8) is 0 Å². The number of piperidine rings is 1. The predicted molar refractivity (Wildman–Crippen MR) is 97.3 cm³/mol. The monoisotopic (exact) mass is 374 g/mol. The molecular weight excluding hydrogens is 348 g/mol. The van der Waals surface area contributed by atoms with Gasteiger partial charge < -0.3 is 10.1 Å². The molecule has 0 unspecified atom stereocenters. The van der Waals surface area contributed by atoms with E-state index in [0.29, 0.717) is 18.0 Å². The number of nitrogens with one attached hydrogen (secondary N) is 2. The normalized spacial score (nSPS) is 19.5. The highest BCUT2D eigenvalue weighted by atomic mass is 35.5. The van der Waals surface area contributed by atoms with Crippen molar-refractivity contribution >= 4 is 22.4 Å². The number of aryl methyl sites for hydroxylation is 2. The summed E-state index contributed by atoms with van der Waals surface area (Å²) < 4.78 is 33.5. The average Bonchev–Trinajstić information content (AvgIpc) is 3.02. The number of fused-ring (bicyclic) bond motifs is 1. The summed E-state index contributed by atoms with van der Waals surface area (Å²) in [5, 5.41) is 3.32. The van der Waals surface area contributed by atoms with Crippen LogP contribution in [0.1, 0.15) is 30.4 Å². The SMILES string of the molecule is COCC1(CNS(=O)(=O)c2ccc3c(c2)CCC3)CCNCC1.Cl. The van der Waals surface area contributed by atoms with Crippen LogP contribution in [0.5, 0.6) is 0 Å². The molecule has 136 valence electrons. The van der Waals surface area contributed by atoms with Gasteiger partial charge in [0.2, 0.25) is 10.0 Å². The lowest BCUT2D eigenvalue weighted by Crippen LogP contribution is -2.47. The molecule has 1 saturated heterocycles. The molecule has 1 aliphatic heterocycles. The molecule has 5 nitrogen and oxygen atoms in total. The number of halogens is 1. The molecule has 1 aliphatic carbocycles. The van der Waals surface area contributed by atoms with E-state index in [-0.39, 0.29) is 17.8 Å². The second-order valence-corrected chi connectivity index (χ2v) is 8.56. The van der Waals surface area contributed by atoms with E-state index in [2.05, 4.69) is 10.0 Å². The predicted octanol–water partition coefficient (Wildman–Crippen LogP) is 1.89. The zero-order chi connectivity index (χ0) is 16.3. The molecule has 2 N–H and O–H groups in total. The Bertz CT molecular complexity index is 652. The van der Waals surface area contributed by atoms with Gasteiger partial charge in [0.25, 0.3) is 0 Å². The van der Waals surface area contributed by atoms with Gasteiger partial charge >= 0.3 is 0 Å². The van der Waals surface area contributed by atoms with Crippen LogP contribution in [0, 0.1) is 5.41 Å². The Morgan fingerprint density at radius 2 is 1.92 bits per heavy atom. The van der Waals surface area contributed by atoms with Crippen molar-refractivity contribution in [1.82, 2.24) is 10.0 Å². The fourth-order valence-electron chi connectivity index (χ4n) is 3.68. The summed E-state index contributed by atoms with van der Waals surface area (Å²) in [5.41, 5.74) is 2.36. The van der Waals surface area contributed by atoms with Gasteiger partial charge in [0, 0.05) is 19.1 Å². The number of sulfonamides is 1. The lowest BCUT2D eigenvalue weighted by Gasteiger charge is -2.37. The lowest BCUT2D eigenvalue weighted by atomic mass is 9.80. The third-order valence-electron chi connectivity index (χ3n) is 5.13. The van der Waals surface area contributed by atoms with Gasteiger partial charge in [-0.25, -0.2) is 13.1 Å². The Labute approximate surface area is 151 Å². The first-order valence-corrected chi connectivity index (χ1v) is 9.84. The van der Waals surface area contributed by atoms with E-state index < -0.39 is 10.0 Å². The van der Waals surface area contributed by atoms with Crippen LogP contribution in [-0.4, -0.2) is 41.8 Å². The summed E-state index contributed by atoms with van der Waals surface area (Å²) in [4.78, 5) is 0.389. The van der Waals surface area contributed by atoms with Crippen LogP contribution in [-0.2, 0) is 27.6 Å². The Hall–Kier alpha value is -0.660. The third kappa shape index (κ3) is 4.29. The van der Waals surface area contributed by atoms with E-state index >= 15 is 0 Å². The molecule has 1 fully saturated rings. The minimum absolute atomic E-state index is 0. The smallest absolute Gasteiger partial charge is 0.240 e. The van der Waals surface area contributed by atoms with Gasteiger partial charge in [-0.1, -0.05) is 6.07 Å². The maximum absolute atomic E-state index is 12.7. The number of hydrogen-bond donors (Lipinski definition) is 2. The molecule has 0 spiro atoms. The first kappa shape index (κ1) is 19.7. The van der Waals surface area contributed by atoms with Crippen molar-refractivity contribution in [2.24, 2.45) is 5.41 Å². The molecule has 1 aromatic carbocycles. The van der Waals surface area contributed by atoms with Crippen molar-refractivity contribution in [1.29, 1.82) is 0 Å². The van der Waals surface area contributed by atoms with Gasteiger partial charge in [-0.3, -0.25) is 0 Å². The van der Waals surface area contributed by atoms with E-state index in [9.17, 15) is 8.42 Å². The number of methoxy groups -OCH3 is 1. The van der Waals surface area contributed by atoms with Crippen molar-refractivity contribution in [3.8, 4) is 0 Å². The second-order valence-electron chi connectivity index (χ2n) is 6.79. The van der Waals surface area contributed by atoms with Gasteiger partial charge in [0.15, 0.2) is 0 Å². The molecule has 24 heavy (non-hydrogen) atoms. The minimum atomic E-state index is -3.46. The maximum Gasteiger partial charge on any atom is 0.240 e. The number of ether oxygens (including phenoxy) is 1. The van der Waals surface area contributed by atoms with Crippen molar-refractivity contribution in [3.05, 3.63) is 29.3 Å². The van der Waals surface area contributed by atoms with Crippen LogP contribution in [0.15, 0.2) is 23.1 Å². The quantitative estimate of drug-likeness (QED) is 0.798. The van der Waals surface area contributed by atoms with Crippen LogP contribution >= 0.6 is 12.4 Å². The Morgan fingerprint density at radius 3 is 2.62 bits per heavy atom. The molecule has 3 rings (SSSR count). The summed E-state index contributed by atoms with van der Waals surface area (Å²) >= 11 is 0. The molecule has 0 radical (unpaired) electrons. The number of rotatable bonds is 6. The van der Waals surface area contributed by atoms with E-state index in [1.807, 2.05) is 12.1 Å². The first-order valence-electron chi connectivity index (χ1n) is 8.36. The molecule has 1 heterocycles. The third-order valence-corrected chi connectivity index (χ3v) is 6.53. The molecule has 0 atom stereocenters. The van der Waals surface area contributed by atoms with Crippen LogP contribution < -0.4 is 10.0 Å². The summed E-state index contributed by atoms with van der Waals surface area (Å²) in [7, 11) is -1.78. The highest BCUT2D eigenvalue weighted by Crippen LogP contribution is 2.29. The van der Waals surface area contributed by atoms with Crippen LogP contribution in [0.3, 0.4) is 0 Å². The summed E-state index contributed by atoms with van der Waals surface area (Å²) in [6.45, 7) is 2.83. The topological polar surface area (TPSA) is 67.4 Å². The van der Waals surface area contributed by atoms with Crippen LogP contribution in [0.4, 0.5) is 0 Å². The first-order chi connectivity index (χ1) is 11.0. The molecule has 0 aromatic heterocycles. The summed E-state index contributed by atoms with van der Waals surface area (Å²) in [6, 6.07) is 5.54. The average molecular weight is 375 g/mol. The Morgan fingerprint density at radius 1 is 1.21 bits per heavy atom. The standard InChI is InChI=1S/C17H26N2O3S.ClH/c1-22-13-17(7-9-18-10-8-17)12-19-23(20,21)16-6-5-14-3-2-4-15(14)11-16;/h5-6,11,18-19H,2-4,7-10,12-13H2,1H3;1H. The molecule has 2 aliphatic rings. The van der Waals surface area contributed by atoms with Gasteiger partial charge in [-0.15, -0.1) is 12.4 Å². The Kier molecular flexibility index (Phi) is 6.67. The largest absolute Gasteiger partial charge is 0.384 e. The highest BCUT2D eigenvalue weighted by Gasteiger charge is 2.33. The van der Waals surface area contributed by atoms with Gasteiger partial charge in [-0.05, 0) is 68.5 Å². The molecule has 7 heteroatoms. The molecular formula is C17H27ClN2O3S. The van der Waals surface area contributed by atoms with Crippen molar-refractivity contribution in [2.45, 2.75) is 37.0 Å². The highest BCUT2D eigenvalue weighted by molar-refractivity contribution is 7.89. The maximum atomic E-state index is 12.7. The van der Waals surface area contributed by atoms with Crippen molar-refractivity contribution < 1.29 is 13.2 Å². The van der Waals surface area contributed by atoms with E-state index in [0.717, 1.165) is 45.2 Å². The molecule has 0 saturated carbocycles. The van der Waals surface area contributed by atoms with E-state index in [1.165, 1.54) is 11.1 Å². The fourth-order valence-corrected chi connectivity index (χ4v) is 4.89. The van der Waals surface area contributed by atoms with Gasteiger partial charge in [0.1, 0.15) is 0 Å². The number of benzene rings is 1. The zero-order valence-corrected chi connectivity index (χ0v) is 15.8. The minimum Gasteiger partial charge on any atom is -0.384 e. The van der Waals surface area contributed by atoms with Crippen molar-refractivity contribution in [2.75, 3.05) is 33.4 Å². The van der Waals surface area contributed by atoms with Gasteiger partial charge in [-0.2, -0.15) is 0 Å². The second kappa shape index (κ2) is 8.15. The van der Waals surface area contributed by atoms with E-state index in [4.69, 9.17) is 4.74 Å². The van der Waals surface area contributed by atoms with Gasteiger partial charge in [0.05, 0.1) is 11.5 Å². The summed E-state index contributed by atoms with van der Waals surface area (Å²) in [6.07, 6.45) is 5.02. The molecule has 0 bridgehead atoms. The number of hydrogen-bond acceptors (Lipinski definition) is 4.